The Labute approximate surface area is 250 Å². The zero-order valence-corrected chi connectivity index (χ0v) is 24.3. The zero-order valence-electron chi connectivity index (χ0n) is 23.5. The van der Waals surface area contributed by atoms with Crippen LogP contribution in [0.1, 0.15) is 36.9 Å². The highest BCUT2D eigenvalue weighted by Crippen LogP contribution is 2.26. The number of para-hydroxylation sites is 1. The Kier molecular flexibility index (Phi) is 10.3. The van der Waals surface area contributed by atoms with Crippen molar-refractivity contribution in [3.05, 3.63) is 77.3 Å². The van der Waals surface area contributed by atoms with E-state index < -0.39 is 12.0 Å². The van der Waals surface area contributed by atoms with Crippen molar-refractivity contribution in [1.29, 1.82) is 0 Å². The van der Waals surface area contributed by atoms with E-state index in [0.717, 1.165) is 56.7 Å². The number of aliphatic carboxylic acids is 1. The van der Waals surface area contributed by atoms with Crippen LogP contribution in [0.5, 0.6) is 5.88 Å². The largest absolute Gasteiger partial charge is 0.480 e. The lowest BCUT2D eigenvalue weighted by atomic mass is 10.1. The van der Waals surface area contributed by atoms with Crippen LogP contribution in [0.25, 0.3) is 10.9 Å². The van der Waals surface area contributed by atoms with E-state index >= 15 is 0 Å². The quantitative estimate of drug-likeness (QED) is 0.161. The molecule has 0 radical (unpaired) electrons. The molecule has 0 unspecified atom stereocenters. The number of anilines is 2. The molecule has 3 N–H and O–H groups in total. The average molecular weight is 590 g/mol. The second kappa shape index (κ2) is 14.7. The van der Waals surface area contributed by atoms with Gasteiger partial charge in [-0.3, -0.25) is 4.90 Å². The topological polar surface area (TPSA) is 125 Å². The molecule has 1 aliphatic rings. The number of aryl methyl sites for hydroxylation is 2. The molecule has 1 atom stereocenters. The molecule has 4 heterocycles. The highest BCUT2D eigenvalue weighted by Gasteiger charge is 2.21. The summed E-state index contributed by atoms with van der Waals surface area (Å²) < 4.78 is 5.84. The average Bonchev–Trinajstić information content (AvgIpc) is 3.01. The Hall–Kier alpha value is -4.02. The van der Waals surface area contributed by atoms with Crippen LogP contribution in [0.3, 0.4) is 0 Å². The minimum Gasteiger partial charge on any atom is -0.480 e. The number of rotatable bonds is 15. The molecule has 5 rings (SSSR count). The fraction of sp³-hybridized carbons (Fsp3) is 0.387. The van der Waals surface area contributed by atoms with Crippen molar-refractivity contribution in [2.45, 2.75) is 44.6 Å². The summed E-state index contributed by atoms with van der Waals surface area (Å²) in [4.78, 5) is 32.1. The molecular formula is C31H36ClN7O3. The first-order valence-corrected chi connectivity index (χ1v) is 14.8. The van der Waals surface area contributed by atoms with Crippen LogP contribution in [-0.2, 0) is 17.6 Å². The van der Waals surface area contributed by atoms with Crippen molar-refractivity contribution in [2.75, 3.05) is 43.4 Å². The molecule has 0 amide bonds. The van der Waals surface area contributed by atoms with Gasteiger partial charge in [-0.15, -0.1) is 0 Å². The number of pyridine rings is 2. The van der Waals surface area contributed by atoms with E-state index in [-0.39, 0.29) is 0 Å². The first kappa shape index (κ1) is 29.5. The molecule has 11 heteroatoms. The molecule has 4 aromatic rings. The minimum absolute atomic E-state index is 0.378. The molecule has 42 heavy (non-hydrogen) atoms. The van der Waals surface area contributed by atoms with Gasteiger partial charge in [-0.2, -0.15) is 0 Å². The molecule has 220 valence electrons. The first-order chi connectivity index (χ1) is 20.6. The third-order valence-corrected chi connectivity index (χ3v) is 7.67. The number of unbranched alkanes of at least 4 members (excludes halogenated alkanes) is 1. The van der Waals surface area contributed by atoms with Crippen molar-refractivity contribution in [2.24, 2.45) is 0 Å². The summed E-state index contributed by atoms with van der Waals surface area (Å²) in [7, 11) is 0. The Morgan fingerprint density at radius 1 is 1.07 bits per heavy atom. The van der Waals surface area contributed by atoms with Gasteiger partial charge in [0.05, 0.1) is 10.5 Å². The van der Waals surface area contributed by atoms with Gasteiger partial charge in [-0.1, -0.05) is 29.8 Å². The number of nitrogens with one attached hydrogen (secondary N) is 2. The normalized spacial score (nSPS) is 13.4. The van der Waals surface area contributed by atoms with Crippen LogP contribution in [0.4, 0.5) is 11.6 Å². The molecule has 1 aliphatic heterocycles. The Bertz CT molecular complexity index is 1470. The van der Waals surface area contributed by atoms with Crippen molar-refractivity contribution >= 4 is 40.1 Å². The van der Waals surface area contributed by atoms with Crippen LogP contribution in [-0.4, -0.2) is 74.7 Å². The maximum atomic E-state index is 12.2. The molecular weight excluding hydrogens is 554 g/mol. The van der Waals surface area contributed by atoms with Gasteiger partial charge in [0.1, 0.15) is 30.6 Å². The lowest BCUT2D eigenvalue weighted by Gasteiger charge is -2.25. The SMILES string of the molecule is O=C(O)[C@H](CCN(CCCCc1ccc2c(n1)NCCC2)CCOc1ccccn1)Nc1ncnc2c(Cl)cccc12. The number of hydrogen-bond donors (Lipinski definition) is 3. The number of benzene rings is 1. The van der Waals surface area contributed by atoms with Gasteiger partial charge in [-0.25, -0.2) is 24.7 Å². The number of carbonyl (C=O) groups is 1. The lowest BCUT2D eigenvalue weighted by molar-refractivity contribution is -0.138. The number of aromatic nitrogens is 4. The van der Waals surface area contributed by atoms with E-state index in [4.69, 9.17) is 21.3 Å². The summed E-state index contributed by atoms with van der Waals surface area (Å²) in [5, 5.41) is 17.7. The summed E-state index contributed by atoms with van der Waals surface area (Å²) in [6.45, 7) is 3.46. The van der Waals surface area contributed by atoms with Crippen LogP contribution < -0.4 is 15.4 Å². The van der Waals surface area contributed by atoms with Crippen LogP contribution >= 0.6 is 11.6 Å². The summed E-state index contributed by atoms with van der Waals surface area (Å²) in [5.41, 5.74) is 2.97. The Morgan fingerprint density at radius 3 is 2.86 bits per heavy atom. The maximum Gasteiger partial charge on any atom is 0.326 e. The van der Waals surface area contributed by atoms with E-state index in [1.807, 2.05) is 24.3 Å². The van der Waals surface area contributed by atoms with Gasteiger partial charge in [-0.05, 0) is 74.9 Å². The van der Waals surface area contributed by atoms with Gasteiger partial charge in [0.2, 0.25) is 5.88 Å². The van der Waals surface area contributed by atoms with Crippen molar-refractivity contribution in [3.8, 4) is 5.88 Å². The minimum atomic E-state index is -0.944. The van der Waals surface area contributed by atoms with Crippen molar-refractivity contribution in [3.63, 3.8) is 0 Å². The van der Waals surface area contributed by atoms with Gasteiger partial charge in [0, 0.05) is 43.0 Å². The molecule has 0 bridgehead atoms. The highest BCUT2D eigenvalue weighted by molar-refractivity contribution is 6.35. The second-order valence-electron chi connectivity index (χ2n) is 10.3. The van der Waals surface area contributed by atoms with E-state index in [1.165, 1.54) is 11.9 Å². The smallest absolute Gasteiger partial charge is 0.326 e. The molecule has 0 fully saturated rings. The number of carboxylic acids is 1. The molecule has 0 spiro atoms. The molecule has 0 saturated carbocycles. The predicted octanol–water partition coefficient (Wildman–Crippen LogP) is 5.09. The number of nitrogens with zero attached hydrogens (tertiary/aromatic N) is 5. The van der Waals surface area contributed by atoms with E-state index in [0.29, 0.717) is 53.7 Å². The maximum absolute atomic E-state index is 12.2. The third-order valence-electron chi connectivity index (χ3n) is 7.36. The Balaban J connectivity index is 1.18. The van der Waals surface area contributed by atoms with Gasteiger partial charge >= 0.3 is 5.97 Å². The van der Waals surface area contributed by atoms with Crippen molar-refractivity contribution in [1.82, 2.24) is 24.8 Å². The van der Waals surface area contributed by atoms with Crippen LogP contribution in [0.2, 0.25) is 5.02 Å². The van der Waals surface area contributed by atoms with E-state index in [2.05, 4.69) is 42.6 Å². The standard InChI is InChI=1S/C31H36ClN7O3/c32-25-10-5-9-24-28(25)35-21-36-30(24)38-26(31(40)41)14-18-39(19-20-42-27-11-1-3-15-33-27)17-4-2-8-23-13-12-22-7-6-16-34-29(22)37-23/h1,3,5,9-13,15,21,26H,2,4,6-8,14,16-20H2,(H,34,37)(H,40,41)(H,35,36,38)/t26-/m0/s1. The van der Waals surface area contributed by atoms with Crippen molar-refractivity contribution < 1.29 is 14.6 Å². The van der Waals surface area contributed by atoms with Gasteiger partial charge < -0.3 is 20.5 Å². The lowest BCUT2D eigenvalue weighted by Crippen LogP contribution is -2.37. The summed E-state index contributed by atoms with van der Waals surface area (Å²) in [5.74, 6) is 1.11. The number of carboxylic acid groups (broad SMARTS) is 1. The van der Waals surface area contributed by atoms with E-state index in [9.17, 15) is 9.90 Å². The Morgan fingerprint density at radius 2 is 2.00 bits per heavy atom. The summed E-state index contributed by atoms with van der Waals surface area (Å²) >= 11 is 6.29. The van der Waals surface area contributed by atoms with Crippen LogP contribution in [0.15, 0.2) is 61.1 Å². The molecule has 1 aromatic carbocycles. The van der Waals surface area contributed by atoms with Crippen LogP contribution in [0, 0.1) is 0 Å². The number of ether oxygens (including phenoxy) is 1. The predicted molar refractivity (Wildman–Crippen MR) is 164 cm³/mol. The fourth-order valence-corrected chi connectivity index (χ4v) is 5.32. The molecule has 3 aromatic heterocycles. The first-order valence-electron chi connectivity index (χ1n) is 14.4. The number of fused-ring (bicyclic) bond motifs is 2. The highest BCUT2D eigenvalue weighted by atomic mass is 35.5. The van der Waals surface area contributed by atoms with Gasteiger partial charge in [0.15, 0.2) is 0 Å². The second-order valence-corrected chi connectivity index (χ2v) is 10.7. The van der Waals surface area contributed by atoms with E-state index in [1.54, 1.807) is 18.3 Å². The molecule has 0 aliphatic carbocycles. The summed E-state index contributed by atoms with van der Waals surface area (Å²) in [6.07, 6.45) is 8.54. The third kappa shape index (κ3) is 8.04. The number of hydrogen-bond acceptors (Lipinski definition) is 9. The molecule has 0 saturated heterocycles. The monoisotopic (exact) mass is 589 g/mol. The van der Waals surface area contributed by atoms with Gasteiger partial charge in [0.25, 0.3) is 0 Å². The summed E-state index contributed by atoms with van der Waals surface area (Å²) in [6, 6.07) is 14.4. The zero-order chi connectivity index (χ0) is 29.1. The molecule has 10 nitrogen and oxygen atoms in total. The number of halogens is 1. The fourth-order valence-electron chi connectivity index (χ4n) is 5.10.